The van der Waals surface area contributed by atoms with Crippen molar-refractivity contribution < 1.29 is 9.21 Å². The second kappa shape index (κ2) is 4.97. The van der Waals surface area contributed by atoms with Gasteiger partial charge in [0.2, 0.25) is 5.89 Å². The van der Waals surface area contributed by atoms with E-state index in [4.69, 9.17) is 4.42 Å². The Hall–Kier alpha value is -1.21. The molecule has 0 atom stereocenters. The van der Waals surface area contributed by atoms with E-state index in [1.54, 1.807) is 19.1 Å². The van der Waals surface area contributed by atoms with Gasteiger partial charge in [0.25, 0.3) is 5.91 Å². The maximum Gasteiger partial charge on any atom is 0.322 e. The van der Waals surface area contributed by atoms with Crippen molar-refractivity contribution in [1.82, 2.24) is 10.2 Å². The number of aryl methyl sites for hydroxylation is 1. The van der Waals surface area contributed by atoms with Gasteiger partial charge in [0.05, 0.1) is 5.56 Å². The van der Waals surface area contributed by atoms with Gasteiger partial charge in [-0.15, -0.1) is 5.10 Å². The topological polar surface area (TPSA) is 68.0 Å². The van der Waals surface area contributed by atoms with Gasteiger partial charge in [-0.3, -0.25) is 10.1 Å². The summed E-state index contributed by atoms with van der Waals surface area (Å²) >= 11 is 6.60. The third kappa shape index (κ3) is 2.92. The molecule has 0 spiro atoms. The Labute approximate surface area is 114 Å². The lowest BCUT2D eigenvalue weighted by Crippen LogP contribution is -2.12. The van der Waals surface area contributed by atoms with E-state index < -0.39 is 0 Å². The van der Waals surface area contributed by atoms with Crippen LogP contribution >= 0.6 is 31.9 Å². The molecule has 0 saturated heterocycles. The van der Waals surface area contributed by atoms with E-state index in [9.17, 15) is 4.79 Å². The van der Waals surface area contributed by atoms with Crippen molar-refractivity contribution in [2.45, 2.75) is 6.92 Å². The normalized spacial score (nSPS) is 10.3. The number of benzene rings is 1. The Morgan fingerprint density at radius 3 is 2.76 bits per heavy atom. The molecule has 2 aromatic rings. The first kappa shape index (κ1) is 12.3. The van der Waals surface area contributed by atoms with Crippen LogP contribution in [0.1, 0.15) is 16.2 Å². The highest BCUT2D eigenvalue weighted by atomic mass is 79.9. The van der Waals surface area contributed by atoms with Gasteiger partial charge in [-0.25, -0.2) is 0 Å². The molecule has 5 nitrogen and oxygen atoms in total. The molecule has 0 aliphatic carbocycles. The molecule has 0 radical (unpaired) electrons. The van der Waals surface area contributed by atoms with Crippen LogP contribution in [-0.2, 0) is 0 Å². The fourth-order valence-corrected chi connectivity index (χ4v) is 1.97. The van der Waals surface area contributed by atoms with Gasteiger partial charge < -0.3 is 4.42 Å². The Morgan fingerprint density at radius 2 is 2.12 bits per heavy atom. The summed E-state index contributed by atoms with van der Waals surface area (Å²) in [5, 5.41) is 9.83. The molecule has 88 valence electrons. The summed E-state index contributed by atoms with van der Waals surface area (Å²) in [5.74, 6) is 0.0791. The smallest absolute Gasteiger partial charge is 0.322 e. The van der Waals surface area contributed by atoms with E-state index in [0.717, 1.165) is 4.47 Å². The highest BCUT2D eigenvalue weighted by Gasteiger charge is 2.13. The standard InChI is InChI=1S/C10H7Br2N3O2/c1-5-14-15-10(17-5)13-9(16)7-4-6(11)2-3-8(7)12/h2-4H,1H3,(H,13,15,16). The molecular formula is C10H7Br2N3O2. The number of nitrogens with zero attached hydrogens (tertiary/aromatic N) is 2. The molecule has 17 heavy (non-hydrogen) atoms. The highest BCUT2D eigenvalue weighted by molar-refractivity contribution is 9.11. The maximum absolute atomic E-state index is 11.9. The summed E-state index contributed by atoms with van der Waals surface area (Å²) in [6, 6.07) is 5.39. The number of aromatic nitrogens is 2. The van der Waals surface area contributed by atoms with E-state index in [1.807, 2.05) is 6.07 Å². The lowest BCUT2D eigenvalue weighted by molar-refractivity contribution is 0.102. The number of amides is 1. The number of nitrogens with one attached hydrogen (secondary N) is 1. The van der Waals surface area contributed by atoms with Crippen molar-refractivity contribution in [1.29, 1.82) is 0 Å². The van der Waals surface area contributed by atoms with E-state index in [0.29, 0.717) is 15.9 Å². The molecule has 1 aromatic heterocycles. The quantitative estimate of drug-likeness (QED) is 0.893. The fraction of sp³-hybridized carbons (Fsp3) is 0.100. The monoisotopic (exact) mass is 359 g/mol. The van der Waals surface area contributed by atoms with Crippen LogP contribution in [0.4, 0.5) is 6.01 Å². The number of halogens is 2. The van der Waals surface area contributed by atoms with Crippen LogP contribution in [0, 0.1) is 6.92 Å². The average Bonchev–Trinajstić information content (AvgIpc) is 2.67. The Balaban J connectivity index is 2.22. The van der Waals surface area contributed by atoms with E-state index in [-0.39, 0.29) is 11.9 Å². The third-order valence-electron chi connectivity index (χ3n) is 1.92. The largest absolute Gasteiger partial charge is 0.408 e. The summed E-state index contributed by atoms with van der Waals surface area (Å²) in [6.45, 7) is 1.65. The molecule has 1 aromatic carbocycles. The molecule has 0 unspecified atom stereocenters. The Morgan fingerprint density at radius 1 is 1.35 bits per heavy atom. The number of carbonyl (C=O) groups is 1. The number of carbonyl (C=O) groups excluding carboxylic acids is 1. The van der Waals surface area contributed by atoms with Crippen LogP contribution in [0.25, 0.3) is 0 Å². The number of anilines is 1. The molecule has 1 amide bonds. The molecule has 0 fully saturated rings. The zero-order valence-corrected chi connectivity index (χ0v) is 11.9. The van der Waals surface area contributed by atoms with Crippen LogP contribution in [0.5, 0.6) is 0 Å². The first-order chi connectivity index (χ1) is 8.06. The van der Waals surface area contributed by atoms with Crippen LogP contribution in [-0.4, -0.2) is 16.1 Å². The second-order valence-corrected chi connectivity index (χ2v) is 4.97. The maximum atomic E-state index is 11.9. The molecule has 0 aliphatic rings. The average molecular weight is 361 g/mol. The first-order valence-electron chi connectivity index (χ1n) is 4.63. The molecule has 2 rings (SSSR count). The van der Waals surface area contributed by atoms with Gasteiger partial charge in [0.15, 0.2) is 0 Å². The summed E-state index contributed by atoms with van der Waals surface area (Å²) in [7, 11) is 0. The zero-order valence-electron chi connectivity index (χ0n) is 8.70. The summed E-state index contributed by atoms with van der Waals surface area (Å²) < 4.78 is 6.57. The van der Waals surface area contributed by atoms with Crippen LogP contribution < -0.4 is 5.32 Å². The van der Waals surface area contributed by atoms with Crippen molar-refractivity contribution in [3.8, 4) is 0 Å². The van der Waals surface area contributed by atoms with Gasteiger partial charge in [-0.2, -0.15) is 0 Å². The van der Waals surface area contributed by atoms with Gasteiger partial charge in [-0.05, 0) is 34.1 Å². The van der Waals surface area contributed by atoms with Crippen molar-refractivity contribution in [2.24, 2.45) is 0 Å². The minimum absolute atomic E-state index is 0.0828. The summed E-state index contributed by atoms with van der Waals surface area (Å²) in [4.78, 5) is 11.9. The van der Waals surface area contributed by atoms with Crippen molar-refractivity contribution >= 4 is 43.8 Å². The lowest BCUT2D eigenvalue weighted by Gasteiger charge is -2.03. The second-order valence-electron chi connectivity index (χ2n) is 3.20. The van der Waals surface area contributed by atoms with Gasteiger partial charge in [-0.1, -0.05) is 21.0 Å². The van der Waals surface area contributed by atoms with Crippen molar-refractivity contribution in [3.05, 3.63) is 38.6 Å². The lowest BCUT2D eigenvalue weighted by atomic mass is 10.2. The predicted octanol–water partition coefficient (Wildman–Crippen LogP) is 3.16. The molecule has 0 aliphatic heterocycles. The van der Waals surface area contributed by atoms with Crippen molar-refractivity contribution in [3.63, 3.8) is 0 Å². The molecule has 1 heterocycles. The molecule has 1 N–H and O–H groups in total. The SMILES string of the molecule is Cc1nnc(NC(=O)c2cc(Br)ccc2Br)o1. The molecule has 0 bridgehead atoms. The van der Waals surface area contributed by atoms with Gasteiger partial charge >= 0.3 is 6.01 Å². The van der Waals surface area contributed by atoms with E-state index >= 15 is 0 Å². The van der Waals surface area contributed by atoms with E-state index in [2.05, 4.69) is 47.4 Å². The first-order valence-corrected chi connectivity index (χ1v) is 6.21. The fourth-order valence-electron chi connectivity index (χ4n) is 1.18. The van der Waals surface area contributed by atoms with Crippen molar-refractivity contribution in [2.75, 3.05) is 5.32 Å². The summed E-state index contributed by atoms with van der Waals surface area (Å²) in [5.41, 5.74) is 0.482. The highest BCUT2D eigenvalue weighted by Crippen LogP contribution is 2.22. The molecule has 7 heteroatoms. The zero-order chi connectivity index (χ0) is 12.4. The van der Waals surface area contributed by atoms with Gasteiger partial charge in [0.1, 0.15) is 0 Å². The Bertz CT molecular complexity index is 568. The van der Waals surface area contributed by atoms with Crippen LogP contribution in [0.15, 0.2) is 31.6 Å². The van der Waals surface area contributed by atoms with E-state index in [1.165, 1.54) is 0 Å². The minimum atomic E-state index is -0.318. The Kier molecular flexibility index (Phi) is 3.58. The summed E-state index contributed by atoms with van der Waals surface area (Å²) in [6.07, 6.45) is 0. The number of hydrogen-bond acceptors (Lipinski definition) is 4. The third-order valence-corrected chi connectivity index (χ3v) is 3.10. The number of hydrogen-bond donors (Lipinski definition) is 1. The number of rotatable bonds is 2. The molecular weight excluding hydrogens is 354 g/mol. The predicted molar refractivity (Wildman–Crippen MR) is 68.8 cm³/mol. The van der Waals surface area contributed by atoms with Gasteiger partial charge in [0, 0.05) is 15.9 Å². The molecule has 0 saturated carbocycles. The minimum Gasteiger partial charge on any atom is -0.408 e. The van der Waals surface area contributed by atoms with Crippen LogP contribution in [0.3, 0.4) is 0 Å². The van der Waals surface area contributed by atoms with Crippen LogP contribution in [0.2, 0.25) is 0 Å².